The number of fused-ring (bicyclic) bond motifs is 2. The van der Waals surface area contributed by atoms with E-state index in [-0.39, 0.29) is 27.0 Å². The Bertz CT molecular complexity index is 2960. The maximum absolute atomic E-state index is 16.1. The Balaban J connectivity index is 1.18. The van der Waals surface area contributed by atoms with Crippen LogP contribution in [-0.4, -0.2) is 155 Å². The Kier molecular flexibility index (Phi) is 18.8. The summed E-state index contributed by atoms with van der Waals surface area (Å²) in [7, 11) is 1.79. The number of benzene rings is 2. The minimum Gasteiger partial charge on any atom is -0.453 e. The maximum Gasteiger partial charge on any atom is 0.407 e. The molecular formula is C54H62F10N10O8. The summed E-state index contributed by atoms with van der Waals surface area (Å²) in [6.07, 6.45) is -14.2. The Morgan fingerprint density at radius 1 is 0.854 bits per heavy atom. The molecule has 4 amide bonds. The molecule has 7 rings (SSSR count). The SMILES string of the molecule is CNC(=O)O[C@H](C(=O)NN(Cc1c(F)cc(-c2ccn(C(F)F)n2)cc1F)C[C@H](O)[C@H](Cc1ccc(C#Cc2ccc(N3C[C@@H]4CC[C@@H](C3)N4C3(C)COC3)nc2)cc1)NC(=O)[C@@H](NC(=O)OC)C(C)(C)C(F)(F)F)C(C)(C)C(F)(F)F. The van der Waals surface area contributed by atoms with Gasteiger partial charge in [0.25, 0.3) is 5.91 Å². The minimum absolute atomic E-state index is 0.0416. The molecule has 3 fully saturated rings. The summed E-state index contributed by atoms with van der Waals surface area (Å²) in [6.45, 7) is 2.08. The number of alkyl carbamates (subject to hydrolysis) is 2. The van der Waals surface area contributed by atoms with Crippen LogP contribution in [0.4, 0.5) is 59.3 Å². The number of rotatable bonds is 19. The van der Waals surface area contributed by atoms with Gasteiger partial charge in [0.15, 0.2) is 6.10 Å². The molecule has 82 heavy (non-hydrogen) atoms. The van der Waals surface area contributed by atoms with Gasteiger partial charge in [0.2, 0.25) is 5.91 Å². The fourth-order valence-electron chi connectivity index (χ4n) is 10.0. The second-order valence-electron chi connectivity index (χ2n) is 21.7. The molecule has 0 unspecified atom stereocenters. The number of nitrogens with zero attached hydrogens (tertiary/aromatic N) is 6. The number of halogens is 10. The number of aromatic nitrogens is 3. The summed E-state index contributed by atoms with van der Waals surface area (Å²) >= 11 is 0. The van der Waals surface area contributed by atoms with Crippen molar-refractivity contribution in [3.05, 3.63) is 101 Å². The number of aliphatic hydroxyl groups is 1. The van der Waals surface area contributed by atoms with E-state index in [1.165, 1.54) is 12.1 Å². The number of carbonyl (C=O) groups excluding carboxylic acids is 4. The first-order chi connectivity index (χ1) is 38.3. The van der Waals surface area contributed by atoms with Gasteiger partial charge in [0.05, 0.1) is 49.1 Å². The van der Waals surface area contributed by atoms with Gasteiger partial charge >= 0.3 is 31.1 Å². The zero-order chi connectivity index (χ0) is 60.3. The normalized spacial score (nSPS) is 18.8. The summed E-state index contributed by atoms with van der Waals surface area (Å²) in [5, 5.41) is 22.2. The van der Waals surface area contributed by atoms with Crippen molar-refractivity contribution in [3.63, 3.8) is 0 Å². The molecule has 3 aliphatic heterocycles. The monoisotopic (exact) mass is 1170 g/mol. The van der Waals surface area contributed by atoms with E-state index < -0.39 is 115 Å². The summed E-state index contributed by atoms with van der Waals surface area (Å²) < 4.78 is 161. The van der Waals surface area contributed by atoms with Crippen LogP contribution in [0.5, 0.6) is 0 Å². The Hall–Kier alpha value is -7.22. The van der Waals surface area contributed by atoms with Crippen molar-refractivity contribution in [1.29, 1.82) is 0 Å². The lowest BCUT2D eigenvalue weighted by molar-refractivity contribution is -0.239. The lowest BCUT2D eigenvalue weighted by atomic mass is 9.82. The van der Waals surface area contributed by atoms with E-state index in [0.717, 1.165) is 58.2 Å². The predicted molar refractivity (Wildman–Crippen MR) is 274 cm³/mol. The fourth-order valence-corrected chi connectivity index (χ4v) is 10.0. The highest BCUT2D eigenvalue weighted by Crippen LogP contribution is 2.44. The van der Waals surface area contributed by atoms with Crippen molar-refractivity contribution in [2.24, 2.45) is 10.8 Å². The number of ether oxygens (including phenoxy) is 3. The molecule has 0 spiro atoms. The van der Waals surface area contributed by atoms with Crippen LogP contribution >= 0.6 is 0 Å². The fraction of sp³-hybridized carbons (Fsp3) is 0.519. The van der Waals surface area contributed by atoms with E-state index in [2.05, 4.69) is 48.7 Å². The molecule has 3 aliphatic rings. The highest BCUT2D eigenvalue weighted by molar-refractivity contribution is 5.87. The van der Waals surface area contributed by atoms with E-state index >= 15 is 8.78 Å². The summed E-state index contributed by atoms with van der Waals surface area (Å²) in [4.78, 5) is 62.4. The van der Waals surface area contributed by atoms with Gasteiger partial charge in [-0.1, -0.05) is 24.0 Å². The average Bonchev–Trinajstić information content (AvgIpc) is 4.06. The largest absolute Gasteiger partial charge is 0.453 e. The number of pyridine rings is 1. The first-order valence-electron chi connectivity index (χ1n) is 25.8. The zero-order valence-corrected chi connectivity index (χ0v) is 45.5. The van der Waals surface area contributed by atoms with Crippen LogP contribution < -0.4 is 26.3 Å². The third-order valence-electron chi connectivity index (χ3n) is 15.0. The van der Waals surface area contributed by atoms with Crippen molar-refractivity contribution < 1.29 is 82.4 Å². The van der Waals surface area contributed by atoms with Crippen molar-refractivity contribution in [3.8, 4) is 23.1 Å². The molecule has 4 aromatic rings. The second-order valence-corrected chi connectivity index (χ2v) is 21.7. The van der Waals surface area contributed by atoms with Gasteiger partial charge in [0.1, 0.15) is 28.9 Å². The zero-order valence-electron chi connectivity index (χ0n) is 45.5. The van der Waals surface area contributed by atoms with Crippen molar-refractivity contribution in [2.75, 3.05) is 51.9 Å². The molecule has 446 valence electrons. The lowest BCUT2D eigenvalue weighted by Crippen LogP contribution is -2.68. The standard InChI is InChI=1S/C54H62F10N10O8/c1-50(2,53(59,60)61)43(68-49(79)80-7)45(76)67-40(20-31-11-8-30(9-12-31)10-13-32-14-17-42(66-23-32)71-24-34-15-16-35(25-71)74(34)52(5)28-81-29-52)41(75)27-72(70-46(77)44(82-48(78)65-6)51(3,4)54(62,63)64)26-36-37(55)21-33(22-38(36)56)39-18-19-73(69-39)47(57)58/h8-9,11-12,14,17-19,21-23,34-35,40-41,43-44,47,75H,15-16,20,24-29H2,1-7H3,(H,65,78)(H,67,76)(H,68,79)(H,70,77)/t34-,35-,40-,41-,43+,44+/m0/s1. The van der Waals surface area contributed by atoms with Crippen LogP contribution in [0.25, 0.3) is 11.3 Å². The molecule has 28 heteroatoms. The van der Waals surface area contributed by atoms with Crippen LogP contribution in [0.15, 0.2) is 67.0 Å². The van der Waals surface area contributed by atoms with Crippen LogP contribution in [0.3, 0.4) is 0 Å². The molecule has 2 aromatic carbocycles. The van der Waals surface area contributed by atoms with Crippen LogP contribution in [0.1, 0.15) is 76.3 Å². The van der Waals surface area contributed by atoms with Gasteiger partial charge in [-0.3, -0.25) is 19.9 Å². The van der Waals surface area contributed by atoms with E-state index in [9.17, 15) is 59.4 Å². The second kappa shape index (κ2) is 24.7. The average molecular weight is 1170 g/mol. The van der Waals surface area contributed by atoms with Crippen molar-refractivity contribution in [2.45, 2.75) is 121 Å². The third kappa shape index (κ3) is 14.0. The molecule has 0 saturated carbocycles. The number of methoxy groups -OCH3 is 1. The molecule has 2 aromatic heterocycles. The van der Waals surface area contributed by atoms with Crippen molar-refractivity contribution >= 4 is 29.8 Å². The van der Waals surface area contributed by atoms with Crippen LogP contribution in [-0.2, 0) is 36.8 Å². The maximum atomic E-state index is 16.1. The number of aliphatic hydroxyl groups excluding tert-OH is 1. The molecule has 5 heterocycles. The quantitative estimate of drug-likeness (QED) is 0.0365. The Morgan fingerprint density at radius 3 is 1.96 bits per heavy atom. The molecule has 5 N–H and O–H groups in total. The predicted octanol–water partition coefficient (Wildman–Crippen LogP) is 7.01. The summed E-state index contributed by atoms with van der Waals surface area (Å²) in [6, 6.07) is 8.65. The number of hydrazine groups is 1. The Labute approximate surface area is 465 Å². The van der Waals surface area contributed by atoms with Gasteiger partial charge in [-0.15, -0.1) is 0 Å². The van der Waals surface area contributed by atoms with E-state index in [4.69, 9.17) is 9.47 Å². The smallest absolute Gasteiger partial charge is 0.407 e. The third-order valence-corrected chi connectivity index (χ3v) is 15.0. The molecule has 3 saturated heterocycles. The topological polar surface area (TPSA) is 205 Å². The number of hydrogen-bond acceptors (Lipinski definition) is 13. The van der Waals surface area contributed by atoms with E-state index in [1.807, 2.05) is 28.2 Å². The number of nitrogens with one attached hydrogen (secondary N) is 4. The van der Waals surface area contributed by atoms with Gasteiger partial charge < -0.3 is 40.2 Å². The molecule has 18 nitrogen and oxygen atoms in total. The number of anilines is 1. The highest BCUT2D eigenvalue weighted by Gasteiger charge is 2.58. The summed E-state index contributed by atoms with van der Waals surface area (Å²) in [5.41, 5.74) is -4.51. The number of carbonyl (C=O) groups is 4. The molecule has 2 bridgehead atoms. The number of amides is 4. The van der Waals surface area contributed by atoms with Gasteiger partial charge in [-0.25, -0.2) is 33.0 Å². The number of piperazine rings is 1. The first-order valence-corrected chi connectivity index (χ1v) is 25.8. The van der Waals surface area contributed by atoms with E-state index in [1.54, 1.807) is 18.3 Å². The lowest BCUT2D eigenvalue weighted by Gasteiger charge is -2.54. The van der Waals surface area contributed by atoms with Gasteiger partial charge in [-0.05, 0) is 102 Å². The van der Waals surface area contributed by atoms with E-state index in [0.29, 0.717) is 81.3 Å². The molecular weight excluding hydrogens is 1110 g/mol. The highest BCUT2D eigenvalue weighted by atomic mass is 19.4. The molecule has 0 radical (unpaired) electrons. The minimum atomic E-state index is -5.27. The number of hydrogen-bond donors (Lipinski definition) is 5. The van der Waals surface area contributed by atoms with Crippen molar-refractivity contribution in [1.82, 2.24) is 46.0 Å². The van der Waals surface area contributed by atoms with Gasteiger partial charge in [-0.2, -0.15) is 40.2 Å². The van der Waals surface area contributed by atoms with Gasteiger partial charge in [0, 0.05) is 80.0 Å². The molecule has 0 aliphatic carbocycles. The summed E-state index contributed by atoms with van der Waals surface area (Å²) in [5.74, 6) is 0.700. The van der Waals surface area contributed by atoms with Crippen LogP contribution in [0, 0.1) is 34.3 Å². The number of alkyl halides is 8. The Morgan fingerprint density at radius 2 is 1.45 bits per heavy atom. The van der Waals surface area contributed by atoms with Crippen LogP contribution in [0.2, 0.25) is 0 Å². The molecule has 6 atom stereocenters. The first kappa shape index (κ1) is 62.4.